The number of hydrogen-bond acceptors (Lipinski definition) is 5. The normalized spacial score (nSPS) is 19.3. The Kier molecular flexibility index (Phi) is 5.63. The third-order valence-electron chi connectivity index (χ3n) is 3.45. The Morgan fingerprint density at radius 3 is 2.95 bits per heavy atom. The van der Waals surface area contributed by atoms with Crippen molar-refractivity contribution >= 4 is 10.0 Å². The van der Waals surface area contributed by atoms with Crippen LogP contribution in [0.1, 0.15) is 12.8 Å². The number of hydrogen-bond donors (Lipinski definition) is 1. The van der Waals surface area contributed by atoms with Crippen molar-refractivity contribution in [2.75, 3.05) is 33.4 Å². The van der Waals surface area contributed by atoms with E-state index >= 15 is 0 Å². The number of pyridine rings is 1. The second-order valence-electron chi connectivity index (χ2n) is 4.99. The zero-order chi connectivity index (χ0) is 15.3. The first kappa shape index (κ1) is 16.3. The molecular weight excluding hydrogens is 297 g/mol. The maximum atomic E-state index is 13.2. The van der Waals surface area contributed by atoms with Gasteiger partial charge in [0.2, 0.25) is 10.0 Å². The van der Waals surface area contributed by atoms with Gasteiger partial charge >= 0.3 is 0 Å². The second kappa shape index (κ2) is 7.26. The number of aromatic nitrogens is 1. The second-order valence-corrected chi connectivity index (χ2v) is 6.93. The summed E-state index contributed by atoms with van der Waals surface area (Å²) in [5.74, 6) is -0.665. The maximum absolute atomic E-state index is 13.2. The number of nitrogens with one attached hydrogen (secondary N) is 1. The van der Waals surface area contributed by atoms with Crippen LogP contribution in [0.25, 0.3) is 0 Å². The van der Waals surface area contributed by atoms with Crippen molar-refractivity contribution in [3.8, 4) is 0 Å². The van der Waals surface area contributed by atoms with Crippen molar-refractivity contribution in [3.63, 3.8) is 0 Å². The molecule has 0 saturated carbocycles. The topological polar surface area (TPSA) is 71.5 Å². The van der Waals surface area contributed by atoms with Crippen LogP contribution in [-0.2, 0) is 14.8 Å². The van der Waals surface area contributed by atoms with Crippen molar-refractivity contribution in [1.29, 1.82) is 0 Å². The summed E-state index contributed by atoms with van der Waals surface area (Å²) in [5, 5.41) is 3.26. The molecule has 1 aliphatic rings. The largest absolute Gasteiger partial charge is 0.383 e. The van der Waals surface area contributed by atoms with E-state index in [4.69, 9.17) is 4.74 Å². The zero-order valence-electron chi connectivity index (χ0n) is 12.0. The Labute approximate surface area is 124 Å². The molecule has 2 heterocycles. The lowest BCUT2D eigenvalue weighted by Gasteiger charge is -2.24. The Morgan fingerprint density at radius 2 is 2.33 bits per heavy atom. The molecule has 0 amide bonds. The Hall–Kier alpha value is -1.09. The lowest BCUT2D eigenvalue weighted by atomic mass is 10.2. The van der Waals surface area contributed by atoms with Gasteiger partial charge in [-0.05, 0) is 25.5 Å². The molecule has 6 nitrogen and oxygen atoms in total. The highest BCUT2D eigenvalue weighted by atomic mass is 32.2. The van der Waals surface area contributed by atoms with Gasteiger partial charge in [-0.25, -0.2) is 12.8 Å². The van der Waals surface area contributed by atoms with Crippen LogP contribution >= 0.6 is 0 Å². The highest BCUT2D eigenvalue weighted by molar-refractivity contribution is 7.89. The summed E-state index contributed by atoms with van der Waals surface area (Å²) in [5.41, 5.74) is 0. The number of halogens is 1. The molecule has 0 aliphatic carbocycles. The van der Waals surface area contributed by atoms with Gasteiger partial charge < -0.3 is 10.1 Å². The summed E-state index contributed by atoms with van der Waals surface area (Å²) in [7, 11) is -2.26. The van der Waals surface area contributed by atoms with E-state index in [1.807, 2.05) is 0 Å². The third kappa shape index (κ3) is 4.19. The van der Waals surface area contributed by atoms with Crippen molar-refractivity contribution in [2.24, 2.45) is 0 Å². The molecule has 1 unspecified atom stereocenters. The van der Waals surface area contributed by atoms with E-state index in [1.165, 1.54) is 17.6 Å². The van der Waals surface area contributed by atoms with Gasteiger partial charge in [0.25, 0.3) is 0 Å². The standard InChI is InChI=1S/C13H20FN3O3S/c1-20-6-5-17(10-12-3-2-4-16-12)21(18,19)13-7-11(14)8-15-9-13/h7-9,12,16H,2-6,10H2,1H3. The molecule has 1 aliphatic heterocycles. The number of rotatable bonds is 7. The summed E-state index contributed by atoms with van der Waals surface area (Å²) >= 11 is 0. The van der Waals surface area contributed by atoms with Crippen molar-refractivity contribution in [2.45, 2.75) is 23.8 Å². The minimum atomic E-state index is -3.77. The van der Waals surface area contributed by atoms with Crippen molar-refractivity contribution in [3.05, 3.63) is 24.3 Å². The number of nitrogens with zero attached hydrogens (tertiary/aromatic N) is 2. The van der Waals surface area contributed by atoms with E-state index in [2.05, 4.69) is 10.3 Å². The maximum Gasteiger partial charge on any atom is 0.244 e. The predicted octanol–water partition coefficient (Wildman–Crippen LogP) is 0.610. The quantitative estimate of drug-likeness (QED) is 0.798. The van der Waals surface area contributed by atoms with Crippen LogP contribution in [0.4, 0.5) is 4.39 Å². The molecule has 1 fully saturated rings. The lowest BCUT2D eigenvalue weighted by Crippen LogP contribution is -2.42. The van der Waals surface area contributed by atoms with E-state index in [1.54, 1.807) is 0 Å². The molecule has 2 rings (SSSR count). The van der Waals surface area contributed by atoms with Crippen molar-refractivity contribution < 1.29 is 17.5 Å². The molecule has 118 valence electrons. The smallest absolute Gasteiger partial charge is 0.244 e. The fourth-order valence-corrected chi connectivity index (χ4v) is 3.79. The Morgan fingerprint density at radius 1 is 1.52 bits per heavy atom. The number of methoxy groups -OCH3 is 1. The minimum absolute atomic E-state index is 0.123. The predicted molar refractivity (Wildman–Crippen MR) is 75.9 cm³/mol. The average molecular weight is 317 g/mol. The first-order valence-electron chi connectivity index (χ1n) is 6.87. The summed E-state index contributed by atoms with van der Waals surface area (Å²) in [6.07, 6.45) is 4.11. The highest BCUT2D eigenvalue weighted by Gasteiger charge is 2.28. The van der Waals surface area contributed by atoms with Crippen LogP contribution < -0.4 is 5.32 Å². The molecule has 0 aromatic carbocycles. The van der Waals surface area contributed by atoms with Gasteiger partial charge in [0.05, 0.1) is 12.8 Å². The lowest BCUT2D eigenvalue weighted by molar-refractivity contribution is 0.176. The van der Waals surface area contributed by atoms with Gasteiger partial charge in [-0.15, -0.1) is 0 Å². The molecule has 0 radical (unpaired) electrons. The van der Waals surface area contributed by atoms with Gasteiger partial charge in [-0.2, -0.15) is 4.31 Å². The van der Waals surface area contributed by atoms with E-state index in [9.17, 15) is 12.8 Å². The van der Waals surface area contributed by atoms with Gasteiger partial charge in [0.1, 0.15) is 10.7 Å². The molecule has 1 saturated heterocycles. The van der Waals surface area contributed by atoms with E-state index in [0.717, 1.165) is 31.6 Å². The highest BCUT2D eigenvalue weighted by Crippen LogP contribution is 2.17. The fourth-order valence-electron chi connectivity index (χ4n) is 2.34. The number of sulfonamides is 1. The molecule has 1 atom stereocenters. The number of ether oxygens (including phenoxy) is 1. The molecule has 0 bridgehead atoms. The molecular formula is C13H20FN3O3S. The summed E-state index contributed by atoms with van der Waals surface area (Å²) < 4.78 is 44.8. The van der Waals surface area contributed by atoms with Gasteiger partial charge in [0.15, 0.2) is 0 Å². The first-order chi connectivity index (χ1) is 10.0. The van der Waals surface area contributed by atoms with Crippen LogP contribution in [-0.4, -0.2) is 57.1 Å². The fraction of sp³-hybridized carbons (Fsp3) is 0.615. The van der Waals surface area contributed by atoms with Crippen LogP contribution in [0.15, 0.2) is 23.4 Å². The molecule has 1 aromatic heterocycles. The van der Waals surface area contributed by atoms with Gasteiger partial charge in [-0.3, -0.25) is 4.98 Å². The van der Waals surface area contributed by atoms with Crippen LogP contribution in [0, 0.1) is 5.82 Å². The summed E-state index contributed by atoms with van der Waals surface area (Å²) in [6.45, 7) is 1.76. The SMILES string of the molecule is COCCN(CC1CCCN1)S(=O)(=O)c1cncc(F)c1. The van der Waals surface area contributed by atoms with E-state index < -0.39 is 15.8 Å². The molecule has 0 spiro atoms. The van der Waals surface area contributed by atoms with Gasteiger partial charge in [-0.1, -0.05) is 0 Å². The zero-order valence-corrected chi connectivity index (χ0v) is 12.8. The van der Waals surface area contributed by atoms with E-state index in [-0.39, 0.29) is 24.1 Å². The molecule has 21 heavy (non-hydrogen) atoms. The third-order valence-corrected chi connectivity index (χ3v) is 5.28. The van der Waals surface area contributed by atoms with Crippen LogP contribution in [0.2, 0.25) is 0 Å². The summed E-state index contributed by atoms with van der Waals surface area (Å²) in [4.78, 5) is 3.49. The Bertz CT molecular complexity index is 562. The van der Waals surface area contributed by atoms with Crippen molar-refractivity contribution in [1.82, 2.24) is 14.6 Å². The van der Waals surface area contributed by atoms with E-state index in [0.29, 0.717) is 6.54 Å². The average Bonchev–Trinajstić information content (AvgIpc) is 2.96. The van der Waals surface area contributed by atoms with Crippen LogP contribution in [0.3, 0.4) is 0 Å². The van der Waals surface area contributed by atoms with Gasteiger partial charge in [0, 0.05) is 32.4 Å². The molecule has 1 aromatic rings. The molecule has 8 heteroatoms. The molecule has 1 N–H and O–H groups in total. The summed E-state index contributed by atoms with van der Waals surface area (Å²) in [6, 6.07) is 1.11. The first-order valence-corrected chi connectivity index (χ1v) is 8.31. The monoisotopic (exact) mass is 317 g/mol. The Balaban J connectivity index is 2.20. The minimum Gasteiger partial charge on any atom is -0.383 e. The van der Waals surface area contributed by atoms with Crippen LogP contribution in [0.5, 0.6) is 0 Å².